The molecule has 0 spiro atoms. The number of hydrogen-bond donors (Lipinski definition) is 1. The van der Waals surface area contributed by atoms with Crippen LogP contribution < -0.4 is 4.74 Å². The molecule has 0 atom stereocenters. The van der Waals surface area contributed by atoms with Crippen molar-refractivity contribution in [3.8, 4) is 6.08 Å². The molecule has 0 fully saturated rings. The Labute approximate surface area is 81.1 Å². The SMILES string of the molecule is COc1nc2c(CCO)cccc2o1. The number of fused-ring (bicyclic) bond motifs is 1. The number of methoxy groups -OCH3 is 1. The summed E-state index contributed by atoms with van der Waals surface area (Å²) < 4.78 is 10.2. The molecule has 0 saturated heterocycles. The minimum Gasteiger partial charge on any atom is -0.453 e. The normalized spacial score (nSPS) is 10.7. The van der Waals surface area contributed by atoms with E-state index in [1.165, 1.54) is 7.11 Å². The Morgan fingerprint density at radius 1 is 1.50 bits per heavy atom. The number of aromatic nitrogens is 1. The first-order valence-electron chi connectivity index (χ1n) is 4.38. The van der Waals surface area contributed by atoms with E-state index in [-0.39, 0.29) is 12.7 Å². The van der Waals surface area contributed by atoms with E-state index >= 15 is 0 Å². The van der Waals surface area contributed by atoms with Crippen LogP contribution in [0.25, 0.3) is 11.1 Å². The monoisotopic (exact) mass is 193 g/mol. The number of hydrogen-bond acceptors (Lipinski definition) is 4. The maximum atomic E-state index is 8.85. The summed E-state index contributed by atoms with van der Waals surface area (Å²) in [5.74, 6) is 0. The van der Waals surface area contributed by atoms with Crippen LogP contribution in [0.4, 0.5) is 0 Å². The van der Waals surface area contributed by atoms with Crippen molar-refractivity contribution < 1.29 is 14.3 Å². The maximum Gasteiger partial charge on any atom is 0.394 e. The van der Waals surface area contributed by atoms with Crippen LogP contribution in [-0.4, -0.2) is 23.8 Å². The zero-order valence-electron chi connectivity index (χ0n) is 7.86. The molecule has 4 heteroatoms. The van der Waals surface area contributed by atoms with Crippen molar-refractivity contribution in [1.82, 2.24) is 4.98 Å². The second kappa shape index (κ2) is 3.67. The molecule has 14 heavy (non-hydrogen) atoms. The zero-order chi connectivity index (χ0) is 9.97. The minimum absolute atomic E-state index is 0.105. The fraction of sp³-hybridized carbons (Fsp3) is 0.300. The van der Waals surface area contributed by atoms with Crippen LogP contribution >= 0.6 is 0 Å². The fourth-order valence-corrected chi connectivity index (χ4v) is 1.39. The van der Waals surface area contributed by atoms with Crippen molar-refractivity contribution in [2.24, 2.45) is 0 Å². The van der Waals surface area contributed by atoms with Crippen molar-refractivity contribution in [3.63, 3.8) is 0 Å². The molecule has 4 nitrogen and oxygen atoms in total. The quantitative estimate of drug-likeness (QED) is 0.799. The summed E-state index contributed by atoms with van der Waals surface area (Å²) in [6.45, 7) is 0.105. The van der Waals surface area contributed by atoms with Crippen LogP contribution in [0.1, 0.15) is 5.56 Å². The Morgan fingerprint density at radius 3 is 3.07 bits per heavy atom. The second-order valence-corrected chi connectivity index (χ2v) is 2.92. The molecule has 0 aliphatic rings. The number of nitrogens with zero attached hydrogens (tertiary/aromatic N) is 1. The standard InChI is InChI=1S/C10H11NO3/c1-13-10-11-9-7(5-6-12)3-2-4-8(9)14-10/h2-4,12H,5-6H2,1H3. The summed E-state index contributed by atoms with van der Waals surface area (Å²) in [5.41, 5.74) is 2.42. The predicted molar refractivity (Wildman–Crippen MR) is 51.4 cm³/mol. The van der Waals surface area contributed by atoms with Gasteiger partial charge in [-0.1, -0.05) is 12.1 Å². The molecule has 0 unspecified atom stereocenters. The van der Waals surface area contributed by atoms with Gasteiger partial charge in [-0.05, 0) is 18.1 Å². The topological polar surface area (TPSA) is 55.5 Å². The predicted octanol–water partition coefficient (Wildman–Crippen LogP) is 1.37. The third-order valence-corrected chi connectivity index (χ3v) is 2.04. The third kappa shape index (κ3) is 1.44. The van der Waals surface area contributed by atoms with Crippen LogP contribution in [0, 0.1) is 0 Å². The van der Waals surface area contributed by atoms with Crippen molar-refractivity contribution in [3.05, 3.63) is 23.8 Å². The second-order valence-electron chi connectivity index (χ2n) is 2.92. The zero-order valence-corrected chi connectivity index (χ0v) is 7.86. The van der Waals surface area contributed by atoms with Gasteiger partial charge in [-0.25, -0.2) is 0 Å². The summed E-state index contributed by atoms with van der Waals surface area (Å²) >= 11 is 0. The number of ether oxygens (including phenoxy) is 1. The lowest BCUT2D eigenvalue weighted by atomic mass is 10.1. The summed E-state index contributed by atoms with van der Waals surface area (Å²) in [6.07, 6.45) is 0.831. The Kier molecular flexibility index (Phi) is 2.37. The molecule has 1 N–H and O–H groups in total. The Bertz CT molecular complexity index is 436. The molecule has 0 bridgehead atoms. The highest BCUT2D eigenvalue weighted by Crippen LogP contribution is 2.23. The Balaban J connectivity index is 2.55. The largest absolute Gasteiger partial charge is 0.453 e. The molecule has 1 heterocycles. The van der Waals surface area contributed by atoms with Gasteiger partial charge in [-0.3, -0.25) is 0 Å². The van der Waals surface area contributed by atoms with Gasteiger partial charge in [0.25, 0.3) is 0 Å². The van der Waals surface area contributed by atoms with Gasteiger partial charge in [0, 0.05) is 6.61 Å². The van der Waals surface area contributed by atoms with Gasteiger partial charge in [0.2, 0.25) is 0 Å². The number of rotatable bonds is 3. The van der Waals surface area contributed by atoms with Gasteiger partial charge in [0.05, 0.1) is 7.11 Å². The molecule has 1 aromatic heterocycles. The fourth-order valence-electron chi connectivity index (χ4n) is 1.39. The van der Waals surface area contributed by atoms with E-state index in [1.807, 2.05) is 18.2 Å². The van der Waals surface area contributed by atoms with E-state index in [4.69, 9.17) is 14.3 Å². The Morgan fingerprint density at radius 2 is 2.36 bits per heavy atom. The van der Waals surface area contributed by atoms with E-state index in [2.05, 4.69) is 4.98 Å². The van der Waals surface area contributed by atoms with E-state index in [0.29, 0.717) is 12.0 Å². The van der Waals surface area contributed by atoms with Crippen LogP contribution in [-0.2, 0) is 6.42 Å². The van der Waals surface area contributed by atoms with E-state index in [0.717, 1.165) is 11.1 Å². The first kappa shape index (κ1) is 9.02. The highest BCUT2D eigenvalue weighted by Gasteiger charge is 2.08. The molecule has 2 rings (SSSR count). The number of aliphatic hydroxyl groups excluding tert-OH is 1. The molecule has 0 saturated carbocycles. The van der Waals surface area contributed by atoms with Crippen LogP contribution in [0.5, 0.6) is 6.08 Å². The lowest BCUT2D eigenvalue weighted by Crippen LogP contribution is -1.91. The van der Waals surface area contributed by atoms with Crippen LogP contribution in [0.2, 0.25) is 0 Å². The van der Waals surface area contributed by atoms with Gasteiger partial charge in [-0.2, -0.15) is 4.98 Å². The Hall–Kier alpha value is -1.55. The van der Waals surface area contributed by atoms with Crippen molar-refractivity contribution in [2.75, 3.05) is 13.7 Å². The molecule has 2 aromatic rings. The summed E-state index contributed by atoms with van der Waals surface area (Å²) in [7, 11) is 1.51. The number of para-hydroxylation sites is 1. The molecular weight excluding hydrogens is 182 g/mol. The lowest BCUT2D eigenvalue weighted by molar-refractivity contribution is 0.299. The molecule has 0 aliphatic carbocycles. The first-order valence-corrected chi connectivity index (χ1v) is 4.38. The molecule has 74 valence electrons. The summed E-state index contributed by atoms with van der Waals surface area (Å²) in [5, 5.41) is 8.85. The minimum atomic E-state index is 0.105. The summed E-state index contributed by atoms with van der Waals surface area (Å²) in [6, 6.07) is 5.62. The number of aliphatic hydroxyl groups is 1. The van der Waals surface area contributed by atoms with Crippen molar-refractivity contribution >= 4 is 11.1 Å². The van der Waals surface area contributed by atoms with Crippen molar-refractivity contribution in [2.45, 2.75) is 6.42 Å². The van der Waals surface area contributed by atoms with Gasteiger partial charge >= 0.3 is 6.08 Å². The number of benzene rings is 1. The maximum absolute atomic E-state index is 8.85. The highest BCUT2D eigenvalue weighted by molar-refractivity contribution is 5.77. The molecule has 1 aromatic carbocycles. The smallest absolute Gasteiger partial charge is 0.394 e. The summed E-state index contributed by atoms with van der Waals surface area (Å²) in [4.78, 5) is 4.15. The van der Waals surface area contributed by atoms with Gasteiger partial charge in [-0.15, -0.1) is 0 Å². The van der Waals surface area contributed by atoms with Crippen molar-refractivity contribution in [1.29, 1.82) is 0 Å². The first-order chi connectivity index (χ1) is 6.85. The van der Waals surface area contributed by atoms with Crippen LogP contribution in [0.3, 0.4) is 0 Å². The molecule has 0 radical (unpaired) electrons. The highest BCUT2D eigenvalue weighted by atomic mass is 16.6. The average molecular weight is 193 g/mol. The lowest BCUT2D eigenvalue weighted by Gasteiger charge is -1.96. The van der Waals surface area contributed by atoms with Gasteiger partial charge < -0.3 is 14.3 Å². The van der Waals surface area contributed by atoms with E-state index in [9.17, 15) is 0 Å². The van der Waals surface area contributed by atoms with Crippen LogP contribution in [0.15, 0.2) is 22.6 Å². The number of oxazole rings is 1. The van der Waals surface area contributed by atoms with E-state index < -0.39 is 0 Å². The van der Waals surface area contributed by atoms with Gasteiger partial charge in [0.15, 0.2) is 5.58 Å². The average Bonchev–Trinajstić information content (AvgIpc) is 2.62. The molecular formula is C10H11NO3. The molecule has 0 aliphatic heterocycles. The van der Waals surface area contributed by atoms with Gasteiger partial charge in [0.1, 0.15) is 5.52 Å². The molecule has 0 amide bonds. The van der Waals surface area contributed by atoms with E-state index in [1.54, 1.807) is 0 Å². The third-order valence-electron chi connectivity index (χ3n) is 2.04.